The molecule has 0 aliphatic rings. The number of aromatic nitrogens is 1. The summed E-state index contributed by atoms with van der Waals surface area (Å²) in [4.78, 5) is 25.4. The molecule has 86 valence electrons. The van der Waals surface area contributed by atoms with E-state index in [9.17, 15) is 9.59 Å². The molecule has 4 N–H and O–H groups in total. The molecule has 0 bridgehead atoms. The zero-order valence-corrected chi connectivity index (χ0v) is 9.02. The van der Waals surface area contributed by atoms with Crippen molar-refractivity contribution in [1.29, 1.82) is 0 Å². The number of nitrogens with zero attached hydrogens (tertiary/aromatic N) is 1. The van der Waals surface area contributed by atoms with Crippen LogP contribution in [0.25, 0.3) is 0 Å². The fourth-order valence-corrected chi connectivity index (χ4v) is 1.05. The Morgan fingerprint density at radius 1 is 1.50 bits per heavy atom. The normalized spacial score (nSPS) is 10.9. The summed E-state index contributed by atoms with van der Waals surface area (Å²) in [5.74, 6) is -1.65. The van der Waals surface area contributed by atoms with E-state index < -0.39 is 17.4 Å². The number of rotatable bonds is 4. The van der Waals surface area contributed by atoms with Gasteiger partial charge < -0.3 is 16.2 Å². The Bertz CT molecular complexity index is 429. The van der Waals surface area contributed by atoms with E-state index in [2.05, 4.69) is 10.3 Å². The number of primary amides is 1. The molecule has 0 saturated heterocycles. The van der Waals surface area contributed by atoms with E-state index in [4.69, 9.17) is 10.8 Å². The van der Waals surface area contributed by atoms with Crippen molar-refractivity contribution in [1.82, 2.24) is 4.98 Å². The molecule has 1 heterocycles. The van der Waals surface area contributed by atoms with Crippen molar-refractivity contribution >= 4 is 17.6 Å². The van der Waals surface area contributed by atoms with Gasteiger partial charge in [0, 0.05) is 11.9 Å². The second kappa shape index (κ2) is 4.18. The monoisotopic (exact) mass is 223 g/mol. The Labute approximate surface area is 92.5 Å². The zero-order chi connectivity index (χ0) is 12.3. The molecule has 0 saturated carbocycles. The molecule has 0 unspecified atom stereocenters. The van der Waals surface area contributed by atoms with Gasteiger partial charge in [-0.05, 0) is 26.0 Å². The summed E-state index contributed by atoms with van der Waals surface area (Å²) in [5, 5.41) is 11.6. The van der Waals surface area contributed by atoms with Crippen molar-refractivity contribution in [3.8, 4) is 0 Å². The summed E-state index contributed by atoms with van der Waals surface area (Å²) in [5.41, 5.74) is 4.63. The van der Waals surface area contributed by atoms with Crippen LogP contribution >= 0.6 is 0 Å². The quantitative estimate of drug-likeness (QED) is 0.687. The van der Waals surface area contributed by atoms with Gasteiger partial charge in [-0.3, -0.25) is 4.79 Å². The summed E-state index contributed by atoms with van der Waals surface area (Å²) in [7, 11) is 0. The number of aromatic carboxylic acids is 1. The number of anilines is 1. The number of pyridine rings is 1. The molecule has 0 fully saturated rings. The minimum absolute atomic E-state index is 0.0923. The van der Waals surface area contributed by atoms with Crippen LogP contribution < -0.4 is 11.1 Å². The van der Waals surface area contributed by atoms with Gasteiger partial charge in [-0.2, -0.15) is 0 Å². The molecule has 0 radical (unpaired) electrons. The molecule has 0 aromatic carbocycles. The summed E-state index contributed by atoms with van der Waals surface area (Å²) in [6.45, 7) is 3.21. The number of hydrogen-bond donors (Lipinski definition) is 3. The SMILES string of the molecule is CC(C)(Nc1ccnc(C(=O)O)c1)C(N)=O. The Balaban J connectivity index is 2.94. The predicted molar refractivity (Wildman–Crippen MR) is 58.1 cm³/mol. The summed E-state index contributed by atoms with van der Waals surface area (Å²) >= 11 is 0. The molecule has 1 amide bonds. The van der Waals surface area contributed by atoms with Gasteiger partial charge in [0.05, 0.1) is 0 Å². The molecule has 0 aliphatic heterocycles. The number of hydrogen-bond acceptors (Lipinski definition) is 4. The third-order valence-corrected chi connectivity index (χ3v) is 2.05. The molecule has 1 aromatic heterocycles. The highest BCUT2D eigenvalue weighted by atomic mass is 16.4. The van der Waals surface area contributed by atoms with Gasteiger partial charge in [-0.25, -0.2) is 9.78 Å². The number of nitrogens with two attached hydrogens (primary N) is 1. The van der Waals surface area contributed by atoms with Crippen molar-refractivity contribution in [2.75, 3.05) is 5.32 Å². The van der Waals surface area contributed by atoms with Crippen LogP contribution in [0, 0.1) is 0 Å². The van der Waals surface area contributed by atoms with Crippen molar-refractivity contribution in [3.63, 3.8) is 0 Å². The third-order valence-electron chi connectivity index (χ3n) is 2.05. The van der Waals surface area contributed by atoms with Gasteiger partial charge in [-0.15, -0.1) is 0 Å². The Kier molecular flexibility index (Phi) is 3.12. The van der Waals surface area contributed by atoms with Crippen LogP contribution in [0.3, 0.4) is 0 Å². The predicted octanol–water partition coefficient (Wildman–Crippen LogP) is 0.456. The number of nitrogens with one attached hydrogen (secondary N) is 1. The minimum atomic E-state index is -1.12. The number of amides is 1. The van der Waals surface area contributed by atoms with Crippen molar-refractivity contribution in [3.05, 3.63) is 24.0 Å². The highest BCUT2D eigenvalue weighted by Gasteiger charge is 2.24. The lowest BCUT2D eigenvalue weighted by molar-refractivity contribution is -0.121. The number of carboxylic acids is 1. The smallest absolute Gasteiger partial charge is 0.354 e. The van der Waals surface area contributed by atoms with Crippen LogP contribution in [-0.4, -0.2) is 27.5 Å². The van der Waals surface area contributed by atoms with E-state index in [1.165, 1.54) is 12.3 Å². The van der Waals surface area contributed by atoms with E-state index in [1.54, 1.807) is 19.9 Å². The molecule has 0 aliphatic carbocycles. The van der Waals surface area contributed by atoms with Crippen LogP contribution in [0.2, 0.25) is 0 Å². The maximum Gasteiger partial charge on any atom is 0.354 e. The van der Waals surface area contributed by atoms with Crippen molar-refractivity contribution in [2.45, 2.75) is 19.4 Å². The van der Waals surface area contributed by atoms with Crippen LogP contribution in [0.1, 0.15) is 24.3 Å². The maximum absolute atomic E-state index is 11.1. The molecular formula is C10H13N3O3. The molecule has 6 nitrogen and oxygen atoms in total. The summed E-state index contributed by atoms with van der Waals surface area (Å²) in [6.07, 6.45) is 1.35. The largest absolute Gasteiger partial charge is 0.477 e. The van der Waals surface area contributed by atoms with Crippen LogP contribution in [0.15, 0.2) is 18.3 Å². The highest BCUT2D eigenvalue weighted by Crippen LogP contribution is 2.15. The van der Waals surface area contributed by atoms with Crippen molar-refractivity contribution in [2.24, 2.45) is 5.73 Å². The third kappa shape index (κ3) is 2.69. The highest BCUT2D eigenvalue weighted by molar-refractivity contribution is 5.89. The van der Waals surface area contributed by atoms with Gasteiger partial charge in [0.1, 0.15) is 11.2 Å². The van der Waals surface area contributed by atoms with Crippen molar-refractivity contribution < 1.29 is 14.7 Å². The van der Waals surface area contributed by atoms with Crippen LogP contribution in [0.4, 0.5) is 5.69 Å². The van der Waals surface area contributed by atoms with E-state index >= 15 is 0 Å². The van der Waals surface area contributed by atoms with Gasteiger partial charge in [0.25, 0.3) is 0 Å². The molecule has 6 heteroatoms. The first-order valence-corrected chi connectivity index (χ1v) is 4.60. The average molecular weight is 223 g/mol. The first-order valence-electron chi connectivity index (χ1n) is 4.60. The summed E-state index contributed by atoms with van der Waals surface area (Å²) in [6, 6.07) is 2.91. The fraction of sp³-hybridized carbons (Fsp3) is 0.300. The van der Waals surface area contributed by atoms with E-state index in [1.807, 2.05) is 0 Å². The molecule has 1 rings (SSSR count). The van der Waals surface area contributed by atoms with Gasteiger partial charge in [-0.1, -0.05) is 0 Å². The number of carboxylic acid groups (broad SMARTS) is 1. The molecular weight excluding hydrogens is 210 g/mol. The van der Waals surface area contributed by atoms with Gasteiger partial charge in [0.15, 0.2) is 0 Å². The lowest BCUT2D eigenvalue weighted by Crippen LogP contribution is -2.45. The second-order valence-corrected chi connectivity index (χ2v) is 3.85. The Morgan fingerprint density at radius 3 is 2.62 bits per heavy atom. The molecule has 1 aromatic rings. The lowest BCUT2D eigenvalue weighted by atomic mass is 10.0. The standard InChI is InChI=1S/C10H13N3O3/c1-10(2,9(11)16)13-6-3-4-12-7(5-6)8(14)15/h3-5H,1-2H3,(H2,11,16)(H,12,13)(H,14,15). The molecule has 0 spiro atoms. The Hall–Kier alpha value is -2.11. The Morgan fingerprint density at radius 2 is 2.12 bits per heavy atom. The first-order chi connectivity index (χ1) is 7.33. The van der Waals surface area contributed by atoms with Gasteiger partial charge >= 0.3 is 5.97 Å². The summed E-state index contributed by atoms with van der Waals surface area (Å²) < 4.78 is 0. The fourth-order valence-electron chi connectivity index (χ4n) is 1.05. The number of carbonyl (C=O) groups is 2. The average Bonchev–Trinajstić information content (AvgIpc) is 2.17. The van der Waals surface area contributed by atoms with Crippen LogP contribution in [-0.2, 0) is 4.79 Å². The molecule has 0 atom stereocenters. The van der Waals surface area contributed by atoms with E-state index in [0.29, 0.717) is 5.69 Å². The zero-order valence-electron chi connectivity index (χ0n) is 9.02. The minimum Gasteiger partial charge on any atom is -0.477 e. The topological polar surface area (TPSA) is 105 Å². The van der Waals surface area contributed by atoms with Crippen LogP contribution in [0.5, 0.6) is 0 Å². The number of carbonyl (C=O) groups excluding carboxylic acids is 1. The first kappa shape index (κ1) is 12.0. The lowest BCUT2D eigenvalue weighted by Gasteiger charge is -2.23. The van der Waals surface area contributed by atoms with E-state index in [-0.39, 0.29) is 5.69 Å². The van der Waals surface area contributed by atoms with E-state index in [0.717, 1.165) is 0 Å². The molecule has 16 heavy (non-hydrogen) atoms. The van der Waals surface area contributed by atoms with Gasteiger partial charge in [0.2, 0.25) is 5.91 Å². The second-order valence-electron chi connectivity index (χ2n) is 3.85. The maximum atomic E-state index is 11.1.